The van der Waals surface area contributed by atoms with Gasteiger partial charge in [-0.2, -0.15) is 0 Å². The Kier molecular flexibility index (Phi) is 23.5. The second-order valence-electron chi connectivity index (χ2n) is 9.70. The molecule has 0 rings (SSSR count). The highest BCUT2D eigenvalue weighted by Crippen LogP contribution is 1.99. The Balaban J connectivity index is 0. The number of carbonyl (C=O) groups excluding carboxylic acids is 2. The molecule has 6 nitrogen and oxygen atoms in total. The van der Waals surface area contributed by atoms with Gasteiger partial charge in [-0.15, -0.1) is 0 Å². The summed E-state index contributed by atoms with van der Waals surface area (Å²) in [5.74, 6) is -0.335. The Hall–Kier alpha value is -3.22. The molecular formula is C32H50N2O4. The Morgan fingerprint density at radius 2 is 0.868 bits per heavy atom. The molecule has 0 saturated carbocycles. The molecule has 0 aromatic rings. The molecule has 0 saturated heterocycles. The fourth-order valence-corrected chi connectivity index (χ4v) is 2.32. The quantitative estimate of drug-likeness (QED) is 0.116. The molecule has 0 aliphatic carbocycles. The van der Waals surface area contributed by atoms with E-state index in [1.165, 1.54) is 12.2 Å². The van der Waals surface area contributed by atoms with Crippen LogP contribution in [0.5, 0.6) is 0 Å². The van der Waals surface area contributed by atoms with Crippen molar-refractivity contribution in [2.75, 3.05) is 13.1 Å². The largest absolute Gasteiger partial charge is 0.389 e. The van der Waals surface area contributed by atoms with Crippen LogP contribution in [0, 0.1) is 0 Å². The predicted octanol–water partition coefficient (Wildman–Crippen LogP) is 5.80. The number of hydrogen-bond acceptors (Lipinski definition) is 4. The molecule has 0 bridgehead atoms. The van der Waals surface area contributed by atoms with Gasteiger partial charge in [0.05, 0.1) is 11.2 Å². The highest BCUT2D eigenvalue weighted by molar-refractivity contribution is 5.87. The van der Waals surface area contributed by atoms with Gasteiger partial charge in [-0.25, -0.2) is 0 Å². The van der Waals surface area contributed by atoms with Crippen molar-refractivity contribution in [1.82, 2.24) is 10.6 Å². The number of allylic oxidation sites excluding steroid dienone is 14. The van der Waals surface area contributed by atoms with Crippen LogP contribution in [0.3, 0.4) is 0 Å². The van der Waals surface area contributed by atoms with Crippen LogP contribution in [0.2, 0.25) is 0 Å². The van der Waals surface area contributed by atoms with Crippen LogP contribution in [-0.2, 0) is 9.59 Å². The van der Waals surface area contributed by atoms with E-state index in [0.29, 0.717) is 0 Å². The van der Waals surface area contributed by atoms with Gasteiger partial charge in [0.25, 0.3) is 0 Å². The van der Waals surface area contributed by atoms with E-state index in [9.17, 15) is 19.8 Å². The maximum Gasteiger partial charge on any atom is 0.243 e. The molecule has 0 unspecified atom stereocenters. The minimum atomic E-state index is -0.870. The number of hydrogen-bond donors (Lipinski definition) is 4. The van der Waals surface area contributed by atoms with Crippen LogP contribution in [0.1, 0.15) is 67.2 Å². The van der Waals surface area contributed by atoms with Crippen molar-refractivity contribution >= 4 is 11.8 Å². The summed E-state index contributed by atoms with van der Waals surface area (Å²) in [5, 5.41) is 24.1. The maximum absolute atomic E-state index is 11.4. The Morgan fingerprint density at radius 1 is 0.553 bits per heavy atom. The van der Waals surface area contributed by atoms with Crippen LogP contribution in [-0.4, -0.2) is 46.3 Å². The summed E-state index contributed by atoms with van der Waals surface area (Å²) >= 11 is 0. The van der Waals surface area contributed by atoms with Gasteiger partial charge >= 0.3 is 0 Å². The molecular weight excluding hydrogens is 476 g/mol. The highest BCUT2D eigenvalue weighted by atomic mass is 16.3. The Morgan fingerprint density at radius 3 is 1.18 bits per heavy atom. The van der Waals surface area contributed by atoms with Crippen molar-refractivity contribution in [2.24, 2.45) is 0 Å². The zero-order chi connectivity index (χ0) is 29.1. The minimum Gasteiger partial charge on any atom is -0.389 e. The van der Waals surface area contributed by atoms with Gasteiger partial charge in [-0.05, 0) is 79.4 Å². The Bertz CT molecular complexity index is 787. The third kappa shape index (κ3) is 34.9. The summed E-state index contributed by atoms with van der Waals surface area (Å²) in [5.41, 5.74) is -1.74. The number of amides is 2. The lowest BCUT2D eigenvalue weighted by Gasteiger charge is -2.16. The molecule has 38 heavy (non-hydrogen) atoms. The predicted molar refractivity (Wildman–Crippen MR) is 162 cm³/mol. The zero-order valence-electron chi connectivity index (χ0n) is 24.2. The molecule has 6 heteroatoms. The molecule has 0 radical (unpaired) electrons. The van der Waals surface area contributed by atoms with Gasteiger partial charge in [-0.1, -0.05) is 85.1 Å². The molecule has 0 aliphatic heterocycles. The van der Waals surface area contributed by atoms with E-state index in [2.05, 4.69) is 22.8 Å². The van der Waals surface area contributed by atoms with E-state index in [1.807, 2.05) is 86.8 Å². The third-order valence-electron chi connectivity index (χ3n) is 4.25. The van der Waals surface area contributed by atoms with E-state index < -0.39 is 11.2 Å². The molecule has 0 aromatic carbocycles. The van der Waals surface area contributed by atoms with Crippen LogP contribution < -0.4 is 10.6 Å². The van der Waals surface area contributed by atoms with Crippen molar-refractivity contribution in [3.63, 3.8) is 0 Å². The van der Waals surface area contributed by atoms with Crippen LogP contribution in [0.25, 0.3) is 0 Å². The standard InChI is InChI=1S/2C16H25NO2/c2*1-4-5-6-7-8-9-10-11-12-13-15(18)17-14-16(2,3)19/h2*4-9,12-13,19H,10-11,14H2,1-3H3,(H,17,18)/b2*5-4+,7-6+,9-8+,13-12+. The van der Waals surface area contributed by atoms with E-state index in [0.717, 1.165) is 25.7 Å². The molecule has 2 amide bonds. The van der Waals surface area contributed by atoms with E-state index in [-0.39, 0.29) is 24.9 Å². The number of aliphatic hydroxyl groups is 2. The normalized spacial score (nSPS) is 13.3. The van der Waals surface area contributed by atoms with E-state index >= 15 is 0 Å². The molecule has 0 spiro atoms. The average molecular weight is 527 g/mol. The van der Waals surface area contributed by atoms with Crippen LogP contribution in [0.15, 0.2) is 97.2 Å². The van der Waals surface area contributed by atoms with Crippen molar-refractivity contribution < 1.29 is 19.8 Å². The van der Waals surface area contributed by atoms with Crippen molar-refractivity contribution in [3.05, 3.63) is 97.2 Å². The minimum absolute atomic E-state index is 0.168. The van der Waals surface area contributed by atoms with E-state index in [4.69, 9.17) is 0 Å². The highest BCUT2D eigenvalue weighted by Gasteiger charge is 2.13. The molecule has 4 N–H and O–H groups in total. The number of carbonyl (C=O) groups is 2. The smallest absolute Gasteiger partial charge is 0.243 e. The number of unbranched alkanes of at least 4 members (excludes halogenated alkanes) is 2. The van der Waals surface area contributed by atoms with Gasteiger partial charge in [0.15, 0.2) is 0 Å². The third-order valence-corrected chi connectivity index (χ3v) is 4.25. The first-order valence-electron chi connectivity index (χ1n) is 13.1. The molecule has 0 atom stereocenters. The van der Waals surface area contributed by atoms with Crippen molar-refractivity contribution in [1.29, 1.82) is 0 Å². The van der Waals surface area contributed by atoms with Gasteiger partial charge < -0.3 is 20.8 Å². The van der Waals surface area contributed by atoms with Crippen molar-refractivity contribution in [2.45, 2.75) is 78.4 Å². The Labute approximate surface area is 231 Å². The molecule has 212 valence electrons. The molecule has 0 fully saturated rings. The summed E-state index contributed by atoms with van der Waals surface area (Å²) < 4.78 is 0. The first kappa shape index (κ1) is 36.9. The van der Waals surface area contributed by atoms with E-state index in [1.54, 1.807) is 27.7 Å². The fourth-order valence-electron chi connectivity index (χ4n) is 2.32. The molecule has 0 heterocycles. The SMILES string of the molecule is C/C=C/C=C/C=C/CC/C=C/C(=O)NCC(C)(C)O.C/C=C/C=C/C=C/CC/C=C/C(=O)NCC(C)(C)O. The first-order valence-corrected chi connectivity index (χ1v) is 13.1. The molecule has 0 aromatic heterocycles. The first-order chi connectivity index (χ1) is 17.9. The summed E-state index contributed by atoms with van der Waals surface area (Å²) in [6, 6.07) is 0. The lowest BCUT2D eigenvalue weighted by Crippen LogP contribution is -2.37. The lowest BCUT2D eigenvalue weighted by molar-refractivity contribution is -0.118. The summed E-state index contributed by atoms with van der Waals surface area (Å²) in [7, 11) is 0. The van der Waals surface area contributed by atoms with Crippen LogP contribution >= 0.6 is 0 Å². The lowest BCUT2D eigenvalue weighted by atomic mass is 10.1. The number of nitrogens with one attached hydrogen (secondary N) is 2. The van der Waals surface area contributed by atoms with Gasteiger partial charge in [0, 0.05) is 13.1 Å². The monoisotopic (exact) mass is 526 g/mol. The molecule has 0 aliphatic rings. The summed E-state index contributed by atoms with van der Waals surface area (Å²) in [6.07, 6.45) is 34.0. The van der Waals surface area contributed by atoms with Gasteiger partial charge in [-0.3, -0.25) is 9.59 Å². The van der Waals surface area contributed by atoms with Gasteiger partial charge in [0.1, 0.15) is 0 Å². The maximum atomic E-state index is 11.4. The second-order valence-corrected chi connectivity index (χ2v) is 9.70. The fraction of sp³-hybridized carbons (Fsp3) is 0.438. The van der Waals surface area contributed by atoms with Gasteiger partial charge in [0.2, 0.25) is 11.8 Å². The van der Waals surface area contributed by atoms with Crippen molar-refractivity contribution in [3.8, 4) is 0 Å². The average Bonchev–Trinajstić information content (AvgIpc) is 2.84. The topological polar surface area (TPSA) is 98.7 Å². The van der Waals surface area contributed by atoms with Crippen LogP contribution in [0.4, 0.5) is 0 Å². The second kappa shape index (κ2) is 24.1. The summed E-state index contributed by atoms with van der Waals surface area (Å²) in [4.78, 5) is 22.7. The zero-order valence-corrected chi connectivity index (χ0v) is 24.2. The number of rotatable bonds is 16. The summed E-state index contributed by atoms with van der Waals surface area (Å²) in [6.45, 7) is 11.1.